The van der Waals surface area contributed by atoms with Gasteiger partial charge in [-0.3, -0.25) is 14.4 Å². The number of nitrogens with zero attached hydrogens (tertiary/aromatic N) is 2. The third-order valence-electron chi connectivity index (χ3n) is 7.99. The van der Waals surface area contributed by atoms with E-state index >= 15 is 0 Å². The van der Waals surface area contributed by atoms with Gasteiger partial charge in [0, 0.05) is 44.8 Å². The number of benzene rings is 1. The zero-order valence-corrected chi connectivity index (χ0v) is 32.1. The van der Waals surface area contributed by atoms with Crippen molar-refractivity contribution in [2.24, 2.45) is 11.7 Å². The fourth-order valence-corrected chi connectivity index (χ4v) is 5.12. The van der Waals surface area contributed by atoms with Crippen molar-refractivity contribution in [3.05, 3.63) is 97.4 Å². The largest absolute Gasteiger partial charge is 0.496 e. The molecule has 1 aromatic carbocycles. The molecule has 0 unspecified atom stereocenters. The maximum atomic E-state index is 13.0. The first-order chi connectivity index (χ1) is 24.6. The number of methoxy groups -OCH3 is 1. The van der Waals surface area contributed by atoms with E-state index in [9.17, 15) is 14.4 Å². The number of likely N-dealkylation sites (tertiary alicyclic amines) is 1. The van der Waals surface area contributed by atoms with Crippen LogP contribution < -0.4 is 16.4 Å². The molecule has 2 fully saturated rings. The minimum absolute atomic E-state index is 0.0393. The van der Waals surface area contributed by atoms with Crippen molar-refractivity contribution in [3.8, 4) is 0 Å². The lowest BCUT2D eigenvalue weighted by molar-refractivity contribution is -0.126. The molecule has 51 heavy (non-hydrogen) atoms. The molecule has 3 amide bonds. The summed E-state index contributed by atoms with van der Waals surface area (Å²) in [6.07, 6.45) is 16.9. The quantitative estimate of drug-likeness (QED) is 0.108. The number of anilines is 1. The maximum absolute atomic E-state index is 13.0. The molecule has 10 nitrogen and oxygen atoms in total. The van der Waals surface area contributed by atoms with Crippen molar-refractivity contribution < 1.29 is 23.9 Å². The smallest absolute Gasteiger partial charge is 0.257 e. The van der Waals surface area contributed by atoms with Crippen LogP contribution in [0.5, 0.6) is 0 Å². The molecule has 2 aliphatic heterocycles. The zero-order chi connectivity index (χ0) is 38.4. The monoisotopic (exact) mass is 707 g/mol. The summed E-state index contributed by atoms with van der Waals surface area (Å²) in [4.78, 5) is 40.0. The summed E-state index contributed by atoms with van der Waals surface area (Å²) in [5.74, 6) is 0.230. The molecule has 0 radical (unpaired) electrons. The van der Waals surface area contributed by atoms with Crippen LogP contribution in [0.15, 0.2) is 91.8 Å². The molecular weight excluding hydrogens is 642 g/mol. The van der Waals surface area contributed by atoms with Gasteiger partial charge in [0.05, 0.1) is 18.8 Å². The summed E-state index contributed by atoms with van der Waals surface area (Å²) >= 11 is 0. The molecule has 4 N–H and O–H groups in total. The van der Waals surface area contributed by atoms with Gasteiger partial charge in [0.1, 0.15) is 12.4 Å². The number of nitrogens with two attached hydrogens (primary N) is 1. The van der Waals surface area contributed by atoms with Crippen LogP contribution in [0.2, 0.25) is 0 Å². The first-order valence-electron chi connectivity index (χ1n) is 18.1. The van der Waals surface area contributed by atoms with E-state index in [1.54, 1.807) is 43.4 Å². The van der Waals surface area contributed by atoms with Crippen molar-refractivity contribution in [1.82, 2.24) is 15.1 Å². The molecule has 0 aliphatic carbocycles. The van der Waals surface area contributed by atoms with Gasteiger partial charge >= 0.3 is 0 Å². The number of hydrogen-bond acceptors (Lipinski definition) is 7. The van der Waals surface area contributed by atoms with Crippen LogP contribution in [0.25, 0.3) is 6.08 Å². The average molecular weight is 708 g/mol. The Labute approximate surface area is 308 Å². The van der Waals surface area contributed by atoms with Gasteiger partial charge in [-0.05, 0) is 75.9 Å². The first-order valence-corrected chi connectivity index (χ1v) is 18.1. The van der Waals surface area contributed by atoms with E-state index in [1.807, 2.05) is 70.2 Å². The van der Waals surface area contributed by atoms with E-state index in [2.05, 4.69) is 35.3 Å². The lowest BCUT2D eigenvalue weighted by Crippen LogP contribution is -2.42. The van der Waals surface area contributed by atoms with E-state index in [4.69, 9.17) is 15.2 Å². The van der Waals surface area contributed by atoms with Gasteiger partial charge in [0.15, 0.2) is 0 Å². The van der Waals surface area contributed by atoms with Gasteiger partial charge in [-0.2, -0.15) is 0 Å². The second-order valence-electron chi connectivity index (χ2n) is 11.6. The summed E-state index contributed by atoms with van der Waals surface area (Å²) in [5.41, 5.74) is 7.36. The van der Waals surface area contributed by atoms with Gasteiger partial charge in [-0.15, -0.1) is 0 Å². The Balaban J connectivity index is 0.00000138. The Kier molecular flexibility index (Phi) is 27.0. The molecular formula is C41H65N5O5. The summed E-state index contributed by atoms with van der Waals surface area (Å²) in [7, 11) is 3.35. The van der Waals surface area contributed by atoms with E-state index in [0.717, 1.165) is 76.1 Å². The molecule has 284 valence electrons. The van der Waals surface area contributed by atoms with Gasteiger partial charge < -0.3 is 35.6 Å². The van der Waals surface area contributed by atoms with Crippen molar-refractivity contribution in [2.45, 2.75) is 65.9 Å². The summed E-state index contributed by atoms with van der Waals surface area (Å²) < 4.78 is 11.2. The van der Waals surface area contributed by atoms with Crippen molar-refractivity contribution >= 4 is 29.5 Å². The molecule has 10 heteroatoms. The Morgan fingerprint density at radius 2 is 1.69 bits per heavy atom. The Hall–Kier alpha value is -4.25. The number of primary amides is 1. The lowest BCUT2D eigenvalue weighted by Gasteiger charge is -2.33. The van der Waals surface area contributed by atoms with Crippen molar-refractivity contribution in [3.63, 3.8) is 0 Å². The minimum Gasteiger partial charge on any atom is -0.496 e. The molecule has 0 spiro atoms. The second-order valence-corrected chi connectivity index (χ2v) is 11.6. The lowest BCUT2D eigenvalue weighted by atomic mass is 9.98. The average Bonchev–Trinajstić information content (AvgIpc) is 3.17. The predicted octanol–water partition coefficient (Wildman–Crippen LogP) is 6.51. The second kappa shape index (κ2) is 29.5. The standard InChI is InChI=1S/C29H41N3O4.C6H12N2O.C4H6.C2H6/c1-6-9-14-25(27(8-3)35-5)29(34)31(4)20-21-32-18-16-24(17-19-32)36-22-28(33)30-26-15-11-10-13-23(26)12-7-2;7-6(9)5-1-3-8-4-2-5;1-3-4-2;1-2/h7-15,24H,3,6,16-22H2,1-2,4-5H3,(H,30,33);5,8H,1-4H2,(H2,7,9);3-4H,1-2H2;1-2H3/b12-7+,14-9-,27-25-;;;. The third kappa shape index (κ3) is 19.7. The number of nitrogens with one attached hydrogen (secondary N) is 2. The number of allylic oxidation sites excluding steroid dienone is 5. The van der Waals surface area contributed by atoms with Gasteiger partial charge in [-0.25, -0.2) is 0 Å². The predicted molar refractivity (Wildman–Crippen MR) is 213 cm³/mol. The van der Waals surface area contributed by atoms with Crippen molar-refractivity contribution in [2.75, 3.05) is 65.3 Å². The molecule has 0 atom stereocenters. The van der Waals surface area contributed by atoms with Gasteiger partial charge in [-0.1, -0.05) is 89.1 Å². The Morgan fingerprint density at radius 1 is 1.06 bits per heavy atom. The SMILES string of the molecule is C=C/C(OC)=C(\C=C/CC)C(=O)N(C)CCN1CCC(OCC(=O)Nc2ccccc2/C=C/C)CC1.C=CC=C.CC.NC(=O)C1CCNCC1. The molecule has 2 saturated heterocycles. The first kappa shape index (κ1) is 46.8. The molecule has 3 rings (SSSR count). The summed E-state index contributed by atoms with van der Waals surface area (Å²) in [6.45, 7) is 23.5. The normalized spacial score (nSPS) is 15.4. The number of hydrogen-bond donors (Lipinski definition) is 3. The highest BCUT2D eigenvalue weighted by Gasteiger charge is 2.23. The van der Waals surface area contributed by atoms with Gasteiger partial charge in [0.2, 0.25) is 11.8 Å². The highest BCUT2D eigenvalue weighted by molar-refractivity contribution is 5.97. The maximum Gasteiger partial charge on any atom is 0.257 e. The number of likely N-dealkylation sites (N-methyl/N-ethyl adjacent to an activating group) is 1. The van der Waals surface area contributed by atoms with E-state index in [0.29, 0.717) is 17.9 Å². The highest BCUT2D eigenvalue weighted by atomic mass is 16.5. The van der Waals surface area contributed by atoms with E-state index in [1.165, 1.54) is 0 Å². The number of amides is 3. The summed E-state index contributed by atoms with van der Waals surface area (Å²) in [5, 5.41) is 6.10. The Bertz CT molecular complexity index is 1270. The molecule has 0 saturated carbocycles. The van der Waals surface area contributed by atoms with Crippen LogP contribution >= 0.6 is 0 Å². The zero-order valence-electron chi connectivity index (χ0n) is 32.1. The van der Waals surface area contributed by atoms with Crippen LogP contribution in [-0.2, 0) is 23.9 Å². The fourth-order valence-electron chi connectivity index (χ4n) is 5.12. The van der Waals surface area contributed by atoms with E-state index < -0.39 is 0 Å². The molecule has 2 heterocycles. The van der Waals surface area contributed by atoms with Crippen LogP contribution in [0.4, 0.5) is 5.69 Å². The highest BCUT2D eigenvalue weighted by Crippen LogP contribution is 2.18. The minimum atomic E-state index is -0.148. The molecule has 1 aromatic rings. The fraction of sp³-hybridized carbons (Fsp3) is 0.488. The van der Waals surface area contributed by atoms with Crippen LogP contribution in [0.1, 0.15) is 65.4 Å². The summed E-state index contributed by atoms with van der Waals surface area (Å²) in [6, 6.07) is 7.70. The van der Waals surface area contributed by atoms with Crippen LogP contribution in [0, 0.1) is 5.92 Å². The Morgan fingerprint density at radius 3 is 2.20 bits per heavy atom. The molecule has 0 bridgehead atoms. The molecule has 0 aromatic heterocycles. The van der Waals surface area contributed by atoms with Gasteiger partial charge in [0.25, 0.3) is 5.91 Å². The van der Waals surface area contributed by atoms with Crippen LogP contribution in [-0.4, -0.2) is 93.7 Å². The van der Waals surface area contributed by atoms with Crippen LogP contribution in [0.3, 0.4) is 0 Å². The number of carbonyl (C=O) groups excluding carboxylic acids is 3. The number of rotatable bonds is 15. The number of piperidine rings is 2. The number of carbonyl (C=O) groups is 3. The van der Waals surface area contributed by atoms with E-state index in [-0.39, 0.29) is 36.4 Å². The topological polar surface area (TPSA) is 126 Å². The molecule has 2 aliphatic rings. The number of para-hydroxylation sites is 1. The van der Waals surface area contributed by atoms with Crippen molar-refractivity contribution in [1.29, 1.82) is 0 Å². The number of ether oxygens (including phenoxy) is 2. The third-order valence-corrected chi connectivity index (χ3v) is 7.99.